The quantitative estimate of drug-likeness (QED) is 0.573. The van der Waals surface area contributed by atoms with Crippen LogP contribution in [0.3, 0.4) is 0 Å². The number of nitrogens with one attached hydrogen (secondary N) is 2. The monoisotopic (exact) mass is 128 g/mol. The van der Waals surface area contributed by atoms with Crippen LogP contribution < -0.4 is 10.6 Å². The van der Waals surface area contributed by atoms with Gasteiger partial charge < -0.3 is 10.6 Å². The molecule has 1 aliphatic rings. The Balaban J connectivity index is 1.98. The molecule has 1 aliphatic heterocycles. The van der Waals surface area contributed by atoms with Gasteiger partial charge in [0.2, 0.25) is 0 Å². The fourth-order valence-corrected chi connectivity index (χ4v) is 1.32. The predicted octanol–water partition coefficient (Wildman–Crippen LogP) is 0.348. The molecule has 2 nitrogen and oxygen atoms in total. The number of hydrogen-bond donors (Lipinski definition) is 2. The van der Waals surface area contributed by atoms with E-state index < -0.39 is 0 Å². The molecule has 0 aromatic carbocycles. The molecule has 0 saturated carbocycles. The second-order valence-corrected chi connectivity index (χ2v) is 2.69. The first kappa shape index (κ1) is 7.03. The van der Waals surface area contributed by atoms with Gasteiger partial charge in [0.1, 0.15) is 0 Å². The molecule has 2 N–H and O–H groups in total. The van der Waals surface area contributed by atoms with Crippen molar-refractivity contribution in [2.24, 2.45) is 0 Å². The fraction of sp³-hybridized carbons (Fsp3) is 1.00. The van der Waals surface area contributed by atoms with E-state index in [1.54, 1.807) is 0 Å². The van der Waals surface area contributed by atoms with Crippen molar-refractivity contribution < 1.29 is 0 Å². The van der Waals surface area contributed by atoms with E-state index in [1.807, 2.05) is 7.05 Å². The highest BCUT2D eigenvalue weighted by atomic mass is 14.9. The van der Waals surface area contributed by atoms with Gasteiger partial charge in [-0.2, -0.15) is 0 Å². The molecule has 0 unspecified atom stereocenters. The van der Waals surface area contributed by atoms with Crippen molar-refractivity contribution in [2.75, 3.05) is 20.1 Å². The molecule has 54 valence electrons. The zero-order valence-corrected chi connectivity index (χ0v) is 6.11. The molecule has 0 amide bonds. The molecule has 2 heteroatoms. The highest BCUT2D eigenvalue weighted by molar-refractivity contribution is 4.73. The van der Waals surface area contributed by atoms with Crippen LogP contribution >= 0.6 is 0 Å². The first-order chi connectivity index (χ1) is 4.43. The summed E-state index contributed by atoms with van der Waals surface area (Å²) in [6.07, 6.45) is 4.03. The Morgan fingerprint density at radius 2 is 2.56 bits per heavy atom. The average molecular weight is 128 g/mol. The molecule has 0 bridgehead atoms. The standard InChI is InChI=1S/C7H16N2/c1-8-6-4-7-3-2-5-9-7/h7-9H,2-6H2,1H3/t7-/m0/s1. The summed E-state index contributed by atoms with van der Waals surface area (Å²) < 4.78 is 0. The van der Waals surface area contributed by atoms with Crippen LogP contribution in [0.1, 0.15) is 19.3 Å². The zero-order chi connectivity index (χ0) is 6.53. The molecule has 1 heterocycles. The van der Waals surface area contributed by atoms with Gasteiger partial charge in [0, 0.05) is 6.04 Å². The maximum Gasteiger partial charge on any atom is 0.00796 e. The smallest absolute Gasteiger partial charge is 0.00796 e. The molecule has 0 aromatic rings. The van der Waals surface area contributed by atoms with Crippen molar-refractivity contribution in [3.05, 3.63) is 0 Å². The van der Waals surface area contributed by atoms with Crippen LogP contribution in [-0.4, -0.2) is 26.2 Å². The third-order valence-corrected chi connectivity index (χ3v) is 1.91. The molecule has 0 aromatic heterocycles. The lowest BCUT2D eigenvalue weighted by atomic mass is 10.2. The SMILES string of the molecule is CNCC[C@@H]1CCCN1. The predicted molar refractivity (Wildman–Crippen MR) is 39.6 cm³/mol. The highest BCUT2D eigenvalue weighted by Crippen LogP contribution is 2.06. The van der Waals surface area contributed by atoms with Gasteiger partial charge in [-0.1, -0.05) is 0 Å². The van der Waals surface area contributed by atoms with Crippen molar-refractivity contribution in [2.45, 2.75) is 25.3 Å². The van der Waals surface area contributed by atoms with Crippen molar-refractivity contribution in [3.8, 4) is 0 Å². The molecule has 0 radical (unpaired) electrons. The fourth-order valence-electron chi connectivity index (χ4n) is 1.32. The van der Waals surface area contributed by atoms with E-state index in [1.165, 1.54) is 25.8 Å². The van der Waals surface area contributed by atoms with Crippen molar-refractivity contribution in [1.82, 2.24) is 10.6 Å². The summed E-state index contributed by atoms with van der Waals surface area (Å²) in [7, 11) is 2.01. The maximum atomic E-state index is 3.45. The number of hydrogen-bond acceptors (Lipinski definition) is 2. The van der Waals surface area contributed by atoms with Gasteiger partial charge in [-0.3, -0.25) is 0 Å². The minimum absolute atomic E-state index is 0.803. The second kappa shape index (κ2) is 3.85. The lowest BCUT2D eigenvalue weighted by Crippen LogP contribution is -2.25. The molecule has 1 fully saturated rings. The Labute approximate surface area is 57.0 Å². The lowest BCUT2D eigenvalue weighted by Gasteiger charge is -2.07. The van der Waals surface area contributed by atoms with Crippen LogP contribution in [0.5, 0.6) is 0 Å². The Morgan fingerprint density at radius 1 is 1.67 bits per heavy atom. The molecule has 0 spiro atoms. The first-order valence-corrected chi connectivity index (χ1v) is 3.81. The van der Waals surface area contributed by atoms with Crippen LogP contribution in [0.2, 0.25) is 0 Å². The summed E-state index contributed by atoms with van der Waals surface area (Å²) in [6, 6.07) is 0.803. The minimum Gasteiger partial charge on any atom is -0.320 e. The largest absolute Gasteiger partial charge is 0.320 e. The number of rotatable bonds is 3. The van der Waals surface area contributed by atoms with Crippen LogP contribution in [-0.2, 0) is 0 Å². The van der Waals surface area contributed by atoms with Gasteiger partial charge in [-0.15, -0.1) is 0 Å². The van der Waals surface area contributed by atoms with E-state index >= 15 is 0 Å². The van der Waals surface area contributed by atoms with Gasteiger partial charge in [-0.25, -0.2) is 0 Å². The summed E-state index contributed by atoms with van der Waals surface area (Å²) in [5.41, 5.74) is 0. The minimum atomic E-state index is 0.803. The van der Waals surface area contributed by atoms with Gasteiger partial charge in [-0.05, 0) is 39.4 Å². The first-order valence-electron chi connectivity index (χ1n) is 3.81. The summed E-state index contributed by atoms with van der Waals surface area (Å²) >= 11 is 0. The van der Waals surface area contributed by atoms with Crippen LogP contribution in [0.15, 0.2) is 0 Å². The maximum absolute atomic E-state index is 3.45. The second-order valence-electron chi connectivity index (χ2n) is 2.69. The van der Waals surface area contributed by atoms with Crippen molar-refractivity contribution in [1.29, 1.82) is 0 Å². The summed E-state index contributed by atoms with van der Waals surface area (Å²) in [5, 5.41) is 6.61. The molecule has 1 atom stereocenters. The molecule has 0 aliphatic carbocycles. The third kappa shape index (κ3) is 2.33. The van der Waals surface area contributed by atoms with Crippen LogP contribution in [0, 0.1) is 0 Å². The van der Waals surface area contributed by atoms with Gasteiger partial charge in [0.15, 0.2) is 0 Å². The third-order valence-electron chi connectivity index (χ3n) is 1.91. The van der Waals surface area contributed by atoms with Crippen LogP contribution in [0.25, 0.3) is 0 Å². The van der Waals surface area contributed by atoms with E-state index in [-0.39, 0.29) is 0 Å². The zero-order valence-electron chi connectivity index (χ0n) is 6.11. The normalized spacial score (nSPS) is 27.0. The summed E-state index contributed by atoms with van der Waals surface area (Å²) in [4.78, 5) is 0. The van der Waals surface area contributed by atoms with E-state index in [9.17, 15) is 0 Å². The average Bonchev–Trinajstić information content (AvgIpc) is 2.34. The van der Waals surface area contributed by atoms with Gasteiger partial charge in [0.25, 0.3) is 0 Å². The van der Waals surface area contributed by atoms with Gasteiger partial charge in [0.05, 0.1) is 0 Å². The molecule has 1 rings (SSSR count). The Morgan fingerprint density at radius 3 is 3.11 bits per heavy atom. The summed E-state index contributed by atoms with van der Waals surface area (Å²) in [6.45, 7) is 2.38. The molecular formula is C7H16N2. The van der Waals surface area contributed by atoms with Crippen molar-refractivity contribution >= 4 is 0 Å². The topological polar surface area (TPSA) is 24.1 Å². The molecule has 1 saturated heterocycles. The molecule has 9 heavy (non-hydrogen) atoms. The molecular weight excluding hydrogens is 112 g/mol. The van der Waals surface area contributed by atoms with Crippen molar-refractivity contribution in [3.63, 3.8) is 0 Å². The van der Waals surface area contributed by atoms with Crippen LogP contribution in [0.4, 0.5) is 0 Å². The van der Waals surface area contributed by atoms with E-state index in [0.29, 0.717) is 0 Å². The Bertz CT molecular complexity index is 67.3. The van der Waals surface area contributed by atoms with E-state index in [0.717, 1.165) is 12.6 Å². The van der Waals surface area contributed by atoms with E-state index in [2.05, 4.69) is 10.6 Å². The van der Waals surface area contributed by atoms with E-state index in [4.69, 9.17) is 0 Å². The van der Waals surface area contributed by atoms with Gasteiger partial charge >= 0.3 is 0 Å². The lowest BCUT2D eigenvalue weighted by molar-refractivity contribution is 0.542. The Hall–Kier alpha value is -0.0800. The Kier molecular flexibility index (Phi) is 3.01. The highest BCUT2D eigenvalue weighted by Gasteiger charge is 2.11. The summed E-state index contributed by atoms with van der Waals surface area (Å²) in [5.74, 6) is 0.